The smallest absolute Gasteiger partial charge is 0.348 e. The van der Waals surface area contributed by atoms with Crippen LogP contribution in [0.25, 0.3) is 0 Å². The topological polar surface area (TPSA) is 98.7 Å². The number of halogens is 3. The van der Waals surface area contributed by atoms with Crippen LogP contribution in [0.4, 0.5) is 13.2 Å². The van der Waals surface area contributed by atoms with E-state index in [-0.39, 0.29) is 18.6 Å². The van der Waals surface area contributed by atoms with Crippen molar-refractivity contribution in [2.45, 2.75) is 25.7 Å². The third kappa shape index (κ3) is 8.37. The molecule has 0 radical (unpaired) electrons. The highest BCUT2D eigenvalue weighted by Crippen LogP contribution is 2.34. The standard InChI is InChI=1S/C19H22F3N2O4P/c20-19(21,22)17-8-4-15(5-9-17)13-24-18(25)16-6-2-14(3-7-16)12-23-10-1-11-29(26,27)28/h2-9,23H,1,10-13H2,(H,24,25)(H2,26,27,28). The molecule has 0 saturated carbocycles. The molecule has 2 rings (SSSR count). The largest absolute Gasteiger partial charge is 0.416 e. The van der Waals surface area contributed by atoms with Crippen LogP contribution in [0.1, 0.15) is 33.5 Å². The molecule has 0 aliphatic rings. The fraction of sp³-hybridized carbons (Fsp3) is 0.316. The molecule has 29 heavy (non-hydrogen) atoms. The zero-order chi connectivity index (χ0) is 21.5. The molecule has 2 aromatic rings. The molecule has 158 valence electrons. The Kier molecular flexibility index (Phi) is 7.98. The van der Waals surface area contributed by atoms with Crippen LogP contribution < -0.4 is 10.6 Å². The van der Waals surface area contributed by atoms with Crippen LogP contribution in [0.3, 0.4) is 0 Å². The van der Waals surface area contributed by atoms with Crippen molar-refractivity contribution in [3.05, 3.63) is 70.8 Å². The third-order valence-corrected chi connectivity index (χ3v) is 4.98. The SMILES string of the molecule is O=C(NCc1ccc(C(F)(F)F)cc1)c1ccc(CNCCCP(=O)(O)O)cc1. The van der Waals surface area contributed by atoms with Crippen LogP contribution in [0.15, 0.2) is 48.5 Å². The van der Waals surface area contributed by atoms with Gasteiger partial charge in [-0.1, -0.05) is 24.3 Å². The minimum atomic E-state index is -4.39. The lowest BCUT2D eigenvalue weighted by Gasteiger charge is -2.09. The summed E-state index contributed by atoms with van der Waals surface area (Å²) in [6, 6.07) is 11.4. The van der Waals surface area contributed by atoms with E-state index in [1.54, 1.807) is 24.3 Å². The van der Waals surface area contributed by atoms with Crippen LogP contribution in [-0.2, 0) is 23.8 Å². The minimum absolute atomic E-state index is 0.111. The van der Waals surface area contributed by atoms with Gasteiger partial charge in [-0.2, -0.15) is 13.2 Å². The number of hydrogen-bond acceptors (Lipinski definition) is 3. The van der Waals surface area contributed by atoms with E-state index in [0.717, 1.165) is 17.7 Å². The van der Waals surface area contributed by atoms with Gasteiger partial charge in [0.1, 0.15) is 0 Å². The van der Waals surface area contributed by atoms with Crippen molar-refractivity contribution in [2.75, 3.05) is 12.7 Å². The lowest BCUT2D eigenvalue weighted by molar-refractivity contribution is -0.137. The second-order valence-corrected chi connectivity index (χ2v) is 8.27. The molecule has 0 aliphatic heterocycles. The molecule has 4 N–H and O–H groups in total. The number of carbonyl (C=O) groups excluding carboxylic acids is 1. The third-order valence-electron chi connectivity index (χ3n) is 4.08. The van der Waals surface area contributed by atoms with Crippen molar-refractivity contribution in [2.24, 2.45) is 0 Å². The van der Waals surface area contributed by atoms with Crippen molar-refractivity contribution in [1.29, 1.82) is 0 Å². The molecule has 0 unspecified atom stereocenters. The first kappa shape index (κ1) is 23.1. The van der Waals surface area contributed by atoms with Crippen molar-refractivity contribution < 1.29 is 32.3 Å². The molecule has 6 nitrogen and oxygen atoms in total. The highest BCUT2D eigenvalue weighted by atomic mass is 31.2. The Morgan fingerprint density at radius 3 is 2.03 bits per heavy atom. The molecule has 1 amide bonds. The van der Waals surface area contributed by atoms with Crippen LogP contribution in [-0.4, -0.2) is 28.4 Å². The summed E-state index contributed by atoms with van der Waals surface area (Å²) in [6.45, 7) is 1.06. The van der Waals surface area contributed by atoms with Gasteiger partial charge in [-0.3, -0.25) is 9.36 Å². The van der Waals surface area contributed by atoms with Gasteiger partial charge < -0.3 is 20.4 Å². The molecule has 2 aromatic carbocycles. The predicted octanol–water partition coefficient (Wildman–Crippen LogP) is 3.29. The van der Waals surface area contributed by atoms with Gasteiger partial charge in [0.25, 0.3) is 5.91 Å². The van der Waals surface area contributed by atoms with Crippen LogP contribution in [0, 0.1) is 0 Å². The molecule has 0 fully saturated rings. The molecule has 10 heteroatoms. The normalized spacial score (nSPS) is 12.0. The van der Waals surface area contributed by atoms with Crippen LogP contribution >= 0.6 is 7.60 Å². The number of amides is 1. The van der Waals surface area contributed by atoms with E-state index >= 15 is 0 Å². The number of hydrogen-bond donors (Lipinski definition) is 4. The predicted molar refractivity (Wildman–Crippen MR) is 102 cm³/mol. The van der Waals surface area contributed by atoms with E-state index in [9.17, 15) is 22.5 Å². The van der Waals surface area contributed by atoms with Crippen LogP contribution in [0.2, 0.25) is 0 Å². The van der Waals surface area contributed by atoms with E-state index in [2.05, 4.69) is 10.6 Å². The van der Waals surface area contributed by atoms with Crippen molar-refractivity contribution >= 4 is 13.5 Å². The maximum Gasteiger partial charge on any atom is 0.416 e. The van der Waals surface area contributed by atoms with Gasteiger partial charge in [-0.05, 0) is 48.4 Å². The van der Waals surface area contributed by atoms with E-state index < -0.39 is 19.3 Å². The molecule has 0 heterocycles. The number of benzene rings is 2. The summed E-state index contributed by atoms with van der Waals surface area (Å²) in [5, 5.41) is 5.72. The Labute approximate surface area is 166 Å². The van der Waals surface area contributed by atoms with Crippen molar-refractivity contribution in [1.82, 2.24) is 10.6 Å². The van der Waals surface area contributed by atoms with E-state index in [1.165, 1.54) is 12.1 Å². The van der Waals surface area contributed by atoms with Crippen molar-refractivity contribution in [3.63, 3.8) is 0 Å². The second-order valence-electron chi connectivity index (χ2n) is 6.49. The summed E-state index contributed by atoms with van der Waals surface area (Å²) in [6.07, 6.45) is -4.20. The highest BCUT2D eigenvalue weighted by Gasteiger charge is 2.29. The molecular formula is C19H22F3N2O4P. The molecule has 0 spiro atoms. The Bertz CT molecular complexity index is 849. The first-order chi connectivity index (χ1) is 13.5. The minimum Gasteiger partial charge on any atom is -0.348 e. The van der Waals surface area contributed by atoms with Gasteiger partial charge >= 0.3 is 13.8 Å². The molecular weight excluding hydrogens is 408 g/mol. The summed E-state index contributed by atoms with van der Waals surface area (Å²) in [5.41, 5.74) is 1.14. The fourth-order valence-corrected chi connectivity index (χ4v) is 3.08. The average Bonchev–Trinajstić information content (AvgIpc) is 2.65. The quantitative estimate of drug-likeness (QED) is 0.362. The van der Waals surface area contributed by atoms with Crippen LogP contribution in [0.5, 0.6) is 0 Å². The monoisotopic (exact) mass is 430 g/mol. The lowest BCUT2D eigenvalue weighted by atomic mass is 10.1. The van der Waals surface area contributed by atoms with Gasteiger partial charge in [-0.15, -0.1) is 0 Å². The molecule has 0 aromatic heterocycles. The molecule has 0 bridgehead atoms. The van der Waals surface area contributed by atoms with Gasteiger partial charge in [0.2, 0.25) is 0 Å². The summed E-state index contributed by atoms with van der Waals surface area (Å²) in [7, 11) is -3.97. The maximum atomic E-state index is 12.5. The first-order valence-electron chi connectivity index (χ1n) is 8.83. The number of alkyl halides is 3. The summed E-state index contributed by atoms with van der Waals surface area (Å²) >= 11 is 0. The number of carbonyl (C=O) groups is 1. The van der Waals surface area contributed by atoms with E-state index in [1.807, 2.05) is 0 Å². The van der Waals surface area contributed by atoms with Gasteiger partial charge in [0, 0.05) is 18.7 Å². The van der Waals surface area contributed by atoms with Gasteiger partial charge in [0.05, 0.1) is 11.7 Å². The van der Waals surface area contributed by atoms with E-state index in [0.29, 0.717) is 30.6 Å². The highest BCUT2D eigenvalue weighted by molar-refractivity contribution is 7.51. The van der Waals surface area contributed by atoms with Gasteiger partial charge in [-0.25, -0.2) is 0 Å². The fourth-order valence-electron chi connectivity index (χ4n) is 2.51. The molecule has 0 saturated heterocycles. The lowest BCUT2D eigenvalue weighted by Crippen LogP contribution is -2.23. The zero-order valence-corrected chi connectivity index (χ0v) is 16.3. The summed E-state index contributed by atoms with van der Waals surface area (Å²) < 4.78 is 48.4. The Hall–Kier alpha value is -2.19. The first-order valence-corrected chi connectivity index (χ1v) is 10.6. The van der Waals surface area contributed by atoms with Gasteiger partial charge in [0.15, 0.2) is 0 Å². The van der Waals surface area contributed by atoms with Crippen molar-refractivity contribution in [3.8, 4) is 0 Å². The Morgan fingerprint density at radius 1 is 0.931 bits per heavy atom. The second kappa shape index (κ2) is 10.0. The number of rotatable bonds is 9. The Balaban J connectivity index is 1.77. The molecule has 0 aliphatic carbocycles. The number of nitrogens with one attached hydrogen (secondary N) is 2. The van der Waals surface area contributed by atoms with E-state index in [4.69, 9.17) is 9.79 Å². The summed E-state index contributed by atoms with van der Waals surface area (Å²) in [5.74, 6) is -0.342. The maximum absolute atomic E-state index is 12.5. The average molecular weight is 430 g/mol. The zero-order valence-electron chi connectivity index (χ0n) is 15.4. The summed E-state index contributed by atoms with van der Waals surface area (Å²) in [4.78, 5) is 29.7. The molecule has 0 atom stereocenters. The Morgan fingerprint density at radius 2 is 1.48 bits per heavy atom.